The van der Waals surface area contributed by atoms with Gasteiger partial charge in [0.25, 0.3) is 0 Å². The first-order valence-electron chi connectivity index (χ1n) is 7.93. The molecule has 2 heterocycles. The minimum Gasteiger partial charge on any atom is -0.355 e. The van der Waals surface area contributed by atoms with E-state index in [2.05, 4.69) is 58.3 Å². The van der Waals surface area contributed by atoms with Crippen LogP contribution in [0, 0.1) is 13.8 Å². The monoisotopic (exact) mass is 356 g/mol. The smallest absolute Gasteiger partial charge is 0.225 e. The molecule has 1 N–H and O–H groups in total. The van der Waals surface area contributed by atoms with Crippen LogP contribution < -0.4 is 5.32 Å². The van der Waals surface area contributed by atoms with Crippen molar-refractivity contribution in [1.82, 2.24) is 10.3 Å². The van der Waals surface area contributed by atoms with Crippen LogP contribution in [0.2, 0.25) is 0 Å². The van der Waals surface area contributed by atoms with Crippen LogP contribution >= 0.6 is 22.7 Å². The highest BCUT2D eigenvalue weighted by atomic mass is 32.1. The van der Waals surface area contributed by atoms with Crippen molar-refractivity contribution in [2.75, 3.05) is 6.54 Å². The Kier molecular flexibility index (Phi) is 5.43. The van der Waals surface area contributed by atoms with Crippen LogP contribution in [-0.2, 0) is 17.6 Å². The molecular weight excluding hydrogens is 336 g/mol. The molecule has 0 unspecified atom stereocenters. The van der Waals surface area contributed by atoms with E-state index in [1.807, 2.05) is 6.92 Å². The first-order chi connectivity index (χ1) is 11.6. The summed E-state index contributed by atoms with van der Waals surface area (Å²) in [6.45, 7) is 4.73. The van der Waals surface area contributed by atoms with Crippen molar-refractivity contribution in [3.63, 3.8) is 0 Å². The lowest BCUT2D eigenvalue weighted by atomic mass is 10.1. The zero-order valence-electron chi connectivity index (χ0n) is 13.8. The zero-order chi connectivity index (χ0) is 16.9. The van der Waals surface area contributed by atoms with Crippen LogP contribution in [0.25, 0.3) is 11.3 Å². The summed E-state index contributed by atoms with van der Waals surface area (Å²) in [5, 5.41) is 8.18. The number of aromatic nitrogens is 1. The lowest BCUT2D eigenvalue weighted by Gasteiger charge is -2.05. The number of carbonyl (C=O) groups excluding carboxylic acids is 1. The summed E-state index contributed by atoms with van der Waals surface area (Å²) in [5.74, 6) is 0.0576. The number of hydrogen-bond donors (Lipinski definition) is 1. The molecule has 0 spiro atoms. The summed E-state index contributed by atoms with van der Waals surface area (Å²) < 4.78 is 0. The average molecular weight is 357 g/mol. The minimum absolute atomic E-state index is 0.0576. The molecule has 0 radical (unpaired) electrons. The van der Waals surface area contributed by atoms with E-state index >= 15 is 0 Å². The molecule has 3 nitrogen and oxygen atoms in total. The zero-order valence-corrected chi connectivity index (χ0v) is 15.5. The van der Waals surface area contributed by atoms with Crippen LogP contribution in [0.5, 0.6) is 0 Å². The van der Waals surface area contributed by atoms with Crippen molar-refractivity contribution in [3.05, 3.63) is 62.1 Å². The molecule has 0 aliphatic rings. The normalized spacial score (nSPS) is 10.8. The maximum absolute atomic E-state index is 12.3. The second-order valence-corrected chi connectivity index (χ2v) is 7.85. The number of amides is 1. The molecule has 24 heavy (non-hydrogen) atoms. The van der Waals surface area contributed by atoms with Crippen LogP contribution in [-0.4, -0.2) is 17.4 Å². The van der Waals surface area contributed by atoms with E-state index in [0.29, 0.717) is 13.0 Å². The lowest BCUT2D eigenvalue weighted by molar-refractivity contribution is -0.120. The molecule has 3 rings (SSSR count). The van der Waals surface area contributed by atoms with Gasteiger partial charge in [-0.2, -0.15) is 11.3 Å². The van der Waals surface area contributed by atoms with Crippen LogP contribution in [0.3, 0.4) is 0 Å². The Hall–Kier alpha value is -1.98. The van der Waals surface area contributed by atoms with Crippen molar-refractivity contribution in [2.24, 2.45) is 0 Å². The highest BCUT2D eigenvalue weighted by Crippen LogP contribution is 2.28. The number of thiazole rings is 1. The fourth-order valence-corrected chi connectivity index (χ4v) is 4.18. The van der Waals surface area contributed by atoms with E-state index in [1.165, 1.54) is 11.1 Å². The van der Waals surface area contributed by atoms with Gasteiger partial charge < -0.3 is 5.32 Å². The van der Waals surface area contributed by atoms with Gasteiger partial charge in [0.15, 0.2) is 0 Å². The van der Waals surface area contributed by atoms with Gasteiger partial charge in [-0.3, -0.25) is 4.79 Å². The Morgan fingerprint density at radius 3 is 2.67 bits per heavy atom. The van der Waals surface area contributed by atoms with E-state index in [9.17, 15) is 4.79 Å². The maximum atomic E-state index is 12.3. The summed E-state index contributed by atoms with van der Waals surface area (Å²) in [6.07, 6.45) is 1.26. The summed E-state index contributed by atoms with van der Waals surface area (Å²) in [7, 11) is 0. The van der Waals surface area contributed by atoms with Crippen LogP contribution in [0.4, 0.5) is 0 Å². The number of benzene rings is 1. The number of hydrogen-bond acceptors (Lipinski definition) is 4. The number of nitrogens with zero attached hydrogens (tertiary/aromatic N) is 1. The van der Waals surface area contributed by atoms with Gasteiger partial charge in [0.1, 0.15) is 0 Å². The van der Waals surface area contributed by atoms with E-state index in [4.69, 9.17) is 0 Å². The van der Waals surface area contributed by atoms with Gasteiger partial charge in [-0.25, -0.2) is 4.98 Å². The van der Waals surface area contributed by atoms with Gasteiger partial charge in [0, 0.05) is 17.0 Å². The highest BCUT2D eigenvalue weighted by molar-refractivity contribution is 7.12. The molecule has 3 aromatic rings. The highest BCUT2D eigenvalue weighted by Gasteiger charge is 2.14. The molecule has 2 aromatic heterocycles. The van der Waals surface area contributed by atoms with Gasteiger partial charge in [0.05, 0.1) is 17.1 Å². The Labute approximate surface area is 150 Å². The minimum atomic E-state index is 0.0576. The number of rotatable bonds is 6. The first kappa shape index (κ1) is 16.9. The average Bonchev–Trinajstić information content (AvgIpc) is 3.18. The second-order valence-electron chi connectivity index (χ2n) is 5.78. The molecule has 0 aliphatic carbocycles. The number of carbonyl (C=O) groups is 1. The summed E-state index contributed by atoms with van der Waals surface area (Å²) in [4.78, 5) is 17.9. The van der Waals surface area contributed by atoms with Crippen LogP contribution in [0.1, 0.15) is 21.0 Å². The first-order valence-corrected chi connectivity index (χ1v) is 9.69. The number of thiophene rings is 1. The van der Waals surface area contributed by atoms with E-state index in [0.717, 1.165) is 27.6 Å². The quantitative estimate of drug-likeness (QED) is 0.712. The standard InChI is InChI=1S/C19H20N2OS2/c1-13-3-5-16(6-4-13)19-17(24-14(2)21-19)11-18(22)20-9-7-15-8-10-23-12-15/h3-6,8,10,12H,7,9,11H2,1-2H3,(H,20,22). The molecule has 0 aliphatic heterocycles. The van der Waals surface area contributed by atoms with Crippen molar-refractivity contribution in [1.29, 1.82) is 0 Å². The van der Waals surface area contributed by atoms with Gasteiger partial charge in [-0.1, -0.05) is 29.8 Å². The molecular formula is C19H20N2OS2. The molecule has 0 saturated heterocycles. The molecule has 0 bridgehead atoms. The Morgan fingerprint density at radius 1 is 1.17 bits per heavy atom. The van der Waals surface area contributed by atoms with E-state index in [-0.39, 0.29) is 5.91 Å². The molecule has 5 heteroatoms. The summed E-state index contributed by atoms with van der Waals surface area (Å²) >= 11 is 3.29. The third-order valence-corrected chi connectivity index (χ3v) is 5.47. The van der Waals surface area contributed by atoms with Crippen molar-refractivity contribution in [3.8, 4) is 11.3 Å². The topological polar surface area (TPSA) is 42.0 Å². The van der Waals surface area contributed by atoms with Gasteiger partial charge in [-0.15, -0.1) is 11.3 Å². The lowest BCUT2D eigenvalue weighted by Crippen LogP contribution is -2.27. The predicted molar refractivity (Wildman–Crippen MR) is 102 cm³/mol. The number of aryl methyl sites for hydroxylation is 2. The van der Waals surface area contributed by atoms with Crippen molar-refractivity contribution >= 4 is 28.6 Å². The molecule has 0 saturated carbocycles. The third-order valence-electron chi connectivity index (χ3n) is 3.77. The fraction of sp³-hybridized carbons (Fsp3) is 0.263. The Morgan fingerprint density at radius 2 is 1.96 bits per heavy atom. The van der Waals surface area contributed by atoms with Gasteiger partial charge >= 0.3 is 0 Å². The maximum Gasteiger partial charge on any atom is 0.225 e. The van der Waals surface area contributed by atoms with Gasteiger partial charge in [0.2, 0.25) is 5.91 Å². The predicted octanol–water partition coefficient (Wildman–Crippen LogP) is 4.39. The Bertz CT molecular complexity index is 805. The molecule has 124 valence electrons. The van der Waals surface area contributed by atoms with Crippen LogP contribution in [0.15, 0.2) is 41.1 Å². The third kappa shape index (κ3) is 4.30. The second kappa shape index (κ2) is 7.73. The molecule has 0 fully saturated rings. The number of nitrogens with one attached hydrogen (secondary N) is 1. The van der Waals surface area contributed by atoms with Crippen molar-refractivity contribution in [2.45, 2.75) is 26.7 Å². The summed E-state index contributed by atoms with van der Waals surface area (Å²) in [6, 6.07) is 10.4. The summed E-state index contributed by atoms with van der Waals surface area (Å²) in [5.41, 5.74) is 4.50. The molecule has 1 aromatic carbocycles. The molecule has 0 atom stereocenters. The molecule has 1 amide bonds. The SMILES string of the molecule is Cc1ccc(-c2nc(C)sc2CC(=O)NCCc2ccsc2)cc1. The van der Waals surface area contributed by atoms with E-state index < -0.39 is 0 Å². The van der Waals surface area contributed by atoms with E-state index in [1.54, 1.807) is 22.7 Å². The fourth-order valence-electron chi connectivity index (χ4n) is 2.52. The largest absolute Gasteiger partial charge is 0.355 e. The van der Waals surface area contributed by atoms with Crippen molar-refractivity contribution < 1.29 is 4.79 Å². The Balaban J connectivity index is 1.64. The van der Waals surface area contributed by atoms with Gasteiger partial charge in [-0.05, 0) is 42.7 Å².